The van der Waals surface area contributed by atoms with Crippen LogP contribution >= 0.6 is 11.6 Å². The maximum absolute atomic E-state index is 13.9. The van der Waals surface area contributed by atoms with Gasteiger partial charge in [0.1, 0.15) is 22.5 Å². The Morgan fingerprint density at radius 3 is 2.53 bits per heavy atom. The molecule has 2 aliphatic rings. The standard InChI is InChI=1S/C27H26ClNO3/c1-4-31-19-13-14-21-23(16-19)32-26(2,3)24(15-17-9-11-18(28)12-10-17)27(21)20-7-5-6-8-22(20)29-25(27)30/h5-14,16,24H,4,15H2,1-3H3,(H,29,30). The lowest BCUT2D eigenvalue weighted by molar-refractivity contribution is -0.126. The number of rotatable bonds is 4. The third-order valence-electron chi connectivity index (χ3n) is 6.74. The van der Waals surface area contributed by atoms with Crippen LogP contribution in [0.5, 0.6) is 11.5 Å². The van der Waals surface area contributed by atoms with Crippen molar-refractivity contribution in [1.82, 2.24) is 0 Å². The minimum atomic E-state index is -0.877. The fourth-order valence-electron chi connectivity index (χ4n) is 5.38. The van der Waals surface area contributed by atoms with Crippen LogP contribution in [0.4, 0.5) is 5.69 Å². The van der Waals surface area contributed by atoms with Crippen molar-refractivity contribution >= 4 is 23.2 Å². The van der Waals surface area contributed by atoms with Crippen molar-refractivity contribution in [3.63, 3.8) is 0 Å². The first-order valence-electron chi connectivity index (χ1n) is 11.0. The number of hydrogen-bond donors (Lipinski definition) is 1. The quantitative estimate of drug-likeness (QED) is 0.533. The van der Waals surface area contributed by atoms with Crippen molar-refractivity contribution < 1.29 is 14.3 Å². The molecule has 1 amide bonds. The molecule has 1 N–H and O–H groups in total. The second kappa shape index (κ2) is 7.56. The first kappa shape index (κ1) is 20.9. The number of fused-ring (bicyclic) bond motifs is 4. The summed E-state index contributed by atoms with van der Waals surface area (Å²) in [5, 5.41) is 3.85. The molecule has 2 unspecified atom stereocenters. The summed E-state index contributed by atoms with van der Waals surface area (Å²) in [5.41, 5.74) is 2.34. The Morgan fingerprint density at radius 1 is 1.03 bits per heavy atom. The van der Waals surface area contributed by atoms with E-state index in [-0.39, 0.29) is 11.8 Å². The summed E-state index contributed by atoms with van der Waals surface area (Å²) in [6.45, 7) is 6.66. The Labute approximate surface area is 193 Å². The number of carbonyl (C=O) groups excluding carboxylic acids is 1. The lowest BCUT2D eigenvalue weighted by Gasteiger charge is -2.50. The molecule has 0 fully saturated rings. The van der Waals surface area contributed by atoms with Gasteiger partial charge in [0.25, 0.3) is 0 Å². The van der Waals surface area contributed by atoms with Crippen LogP contribution in [0, 0.1) is 5.92 Å². The highest BCUT2D eigenvalue weighted by Crippen LogP contribution is 2.58. The van der Waals surface area contributed by atoms with Gasteiger partial charge in [-0.2, -0.15) is 0 Å². The summed E-state index contributed by atoms with van der Waals surface area (Å²) >= 11 is 6.13. The zero-order chi connectivity index (χ0) is 22.5. The van der Waals surface area contributed by atoms with Crippen LogP contribution in [-0.4, -0.2) is 18.1 Å². The van der Waals surface area contributed by atoms with Gasteiger partial charge in [0.15, 0.2) is 0 Å². The Hall–Kier alpha value is -2.98. The van der Waals surface area contributed by atoms with Gasteiger partial charge in [0, 0.05) is 28.3 Å². The van der Waals surface area contributed by atoms with Gasteiger partial charge in [-0.3, -0.25) is 4.79 Å². The molecule has 3 aromatic carbocycles. The number of carbonyl (C=O) groups is 1. The van der Waals surface area contributed by atoms with Crippen LogP contribution < -0.4 is 14.8 Å². The first-order chi connectivity index (χ1) is 15.4. The van der Waals surface area contributed by atoms with Gasteiger partial charge in [-0.25, -0.2) is 0 Å². The van der Waals surface area contributed by atoms with Crippen LogP contribution in [0.2, 0.25) is 5.02 Å². The third kappa shape index (κ3) is 3.08. The number of para-hydroxylation sites is 1. The van der Waals surface area contributed by atoms with Crippen molar-refractivity contribution in [2.75, 3.05) is 11.9 Å². The summed E-state index contributed by atoms with van der Waals surface area (Å²) in [6, 6.07) is 21.7. The SMILES string of the molecule is CCOc1ccc2c(c1)OC(C)(C)C(Cc1ccc(Cl)cc1)C21C(=O)Nc2ccccc21. The molecule has 2 atom stereocenters. The van der Waals surface area contributed by atoms with Gasteiger partial charge in [0.05, 0.1) is 6.61 Å². The molecule has 2 aliphatic heterocycles. The van der Waals surface area contributed by atoms with Crippen LogP contribution in [0.25, 0.3) is 0 Å². The highest BCUT2D eigenvalue weighted by Gasteiger charge is 2.62. The van der Waals surface area contributed by atoms with Crippen LogP contribution in [0.1, 0.15) is 37.5 Å². The monoisotopic (exact) mass is 447 g/mol. The molecule has 4 nitrogen and oxygen atoms in total. The zero-order valence-electron chi connectivity index (χ0n) is 18.4. The normalized spacial score (nSPS) is 22.6. The highest BCUT2D eigenvalue weighted by molar-refractivity contribution is 6.30. The van der Waals surface area contributed by atoms with Crippen LogP contribution in [0.15, 0.2) is 66.7 Å². The van der Waals surface area contributed by atoms with Gasteiger partial charge in [-0.05, 0) is 62.6 Å². The number of amides is 1. The Morgan fingerprint density at radius 2 is 1.78 bits per heavy atom. The molecule has 1 spiro atoms. The summed E-state index contributed by atoms with van der Waals surface area (Å²) in [4.78, 5) is 13.9. The number of anilines is 1. The Bertz CT molecular complexity index is 1190. The fourth-order valence-corrected chi connectivity index (χ4v) is 5.51. The number of benzene rings is 3. The van der Waals surface area contributed by atoms with Gasteiger partial charge in [0.2, 0.25) is 5.91 Å². The second-order valence-corrected chi connectivity index (χ2v) is 9.42. The minimum absolute atomic E-state index is 0.0144. The molecule has 5 heteroatoms. The lowest BCUT2D eigenvalue weighted by atomic mass is 9.58. The van der Waals surface area contributed by atoms with E-state index in [1.807, 2.05) is 67.6 Å². The van der Waals surface area contributed by atoms with E-state index in [0.717, 1.165) is 28.1 Å². The minimum Gasteiger partial charge on any atom is -0.494 e. The second-order valence-electron chi connectivity index (χ2n) is 8.99. The zero-order valence-corrected chi connectivity index (χ0v) is 19.2. The maximum Gasteiger partial charge on any atom is 0.240 e. The van der Waals surface area contributed by atoms with E-state index in [0.29, 0.717) is 23.8 Å². The number of ether oxygens (including phenoxy) is 2. The summed E-state index contributed by atoms with van der Waals surface area (Å²) in [5.74, 6) is 1.27. The number of nitrogens with one attached hydrogen (secondary N) is 1. The van der Waals surface area contributed by atoms with Crippen molar-refractivity contribution in [3.05, 3.63) is 88.4 Å². The van der Waals surface area contributed by atoms with E-state index in [1.165, 1.54) is 0 Å². The van der Waals surface area contributed by atoms with Gasteiger partial charge < -0.3 is 14.8 Å². The Balaban J connectivity index is 1.75. The smallest absolute Gasteiger partial charge is 0.240 e. The molecule has 5 rings (SSSR count). The third-order valence-corrected chi connectivity index (χ3v) is 6.99. The van der Waals surface area contributed by atoms with Gasteiger partial charge in [-0.15, -0.1) is 0 Å². The average Bonchev–Trinajstić information content (AvgIpc) is 3.05. The molecule has 0 bridgehead atoms. The fraction of sp³-hybridized carbons (Fsp3) is 0.296. The van der Waals surface area contributed by atoms with Crippen molar-refractivity contribution in [2.24, 2.45) is 5.92 Å². The molecule has 0 aliphatic carbocycles. The molecule has 0 radical (unpaired) electrons. The lowest BCUT2D eigenvalue weighted by Crippen LogP contribution is -2.58. The predicted octanol–water partition coefficient (Wildman–Crippen LogP) is 6.01. The molecule has 3 aromatic rings. The molecule has 0 saturated heterocycles. The van der Waals surface area contributed by atoms with Crippen molar-refractivity contribution in [2.45, 2.75) is 38.2 Å². The van der Waals surface area contributed by atoms with E-state index in [1.54, 1.807) is 0 Å². The van der Waals surface area contributed by atoms with E-state index >= 15 is 0 Å². The van der Waals surface area contributed by atoms with Gasteiger partial charge >= 0.3 is 0 Å². The van der Waals surface area contributed by atoms with Crippen LogP contribution in [-0.2, 0) is 16.6 Å². The van der Waals surface area contributed by atoms with E-state index in [2.05, 4.69) is 25.2 Å². The summed E-state index contributed by atoms with van der Waals surface area (Å²) in [7, 11) is 0. The topological polar surface area (TPSA) is 47.6 Å². The molecular weight excluding hydrogens is 422 g/mol. The molecule has 0 aromatic heterocycles. The van der Waals surface area contributed by atoms with Gasteiger partial charge in [-0.1, -0.05) is 48.0 Å². The Kier molecular flexibility index (Phi) is 4.94. The summed E-state index contributed by atoms with van der Waals surface area (Å²) in [6.07, 6.45) is 0.665. The predicted molar refractivity (Wildman–Crippen MR) is 127 cm³/mol. The van der Waals surface area contributed by atoms with E-state index < -0.39 is 11.0 Å². The molecule has 0 saturated carbocycles. The van der Waals surface area contributed by atoms with E-state index in [4.69, 9.17) is 21.1 Å². The number of hydrogen-bond acceptors (Lipinski definition) is 3. The molecule has 164 valence electrons. The average molecular weight is 448 g/mol. The molecular formula is C27H26ClNO3. The molecule has 2 heterocycles. The highest BCUT2D eigenvalue weighted by atomic mass is 35.5. The maximum atomic E-state index is 13.9. The number of halogens is 1. The van der Waals surface area contributed by atoms with Crippen molar-refractivity contribution in [3.8, 4) is 11.5 Å². The van der Waals surface area contributed by atoms with Crippen molar-refractivity contribution in [1.29, 1.82) is 0 Å². The molecule has 32 heavy (non-hydrogen) atoms. The van der Waals surface area contributed by atoms with Crippen LogP contribution in [0.3, 0.4) is 0 Å². The largest absolute Gasteiger partial charge is 0.494 e. The first-order valence-corrected chi connectivity index (χ1v) is 11.4. The summed E-state index contributed by atoms with van der Waals surface area (Å²) < 4.78 is 12.3. The van der Waals surface area contributed by atoms with E-state index in [9.17, 15) is 4.79 Å².